The van der Waals surface area contributed by atoms with Crippen molar-refractivity contribution in [2.24, 2.45) is 0 Å². The van der Waals surface area contributed by atoms with E-state index in [-0.39, 0.29) is 6.54 Å². The van der Waals surface area contributed by atoms with Gasteiger partial charge in [-0.05, 0) is 43.1 Å². The number of carboxylic acid groups (broad SMARTS) is 1. The third kappa shape index (κ3) is 4.01. The fourth-order valence-electron chi connectivity index (χ4n) is 3.18. The van der Waals surface area contributed by atoms with Crippen molar-refractivity contribution in [2.75, 3.05) is 13.1 Å². The van der Waals surface area contributed by atoms with Crippen molar-refractivity contribution in [3.63, 3.8) is 0 Å². The minimum Gasteiger partial charge on any atom is -0.480 e. The van der Waals surface area contributed by atoms with Crippen molar-refractivity contribution in [3.05, 3.63) is 48.3 Å². The van der Waals surface area contributed by atoms with Crippen molar-refractivity contribution in [1.82, 2.24) is 20.0 Å². The zero-order valence-corrected chi connectivity index (χ0v) is 13.9. The molecule has 0 atom stereocenters. The number of aliphatic carboxylic acids is 1. The molecule has 128 valence electrons. The normalized spacial score (nSPS) is 20.1. The van der Waals surface area contributed by atoms with Crippen molar-refractivity contribution < 1.29 is 9.90 Å². The molecule has 1 aliphatic carbocycles. The number of likely N-dealkylation sites (N-methyl/N-ethyl adjacent to an activating group) is 1. The number of hydrogen-bond acceptors (Lipinski definition) is 4. The third-order valence-corrected chi connectivity index (χ3v) is 4.67. The fraction of sp³-hybridized carbons (Fsp3) is 0.444. The number of hydrogen-bond donors (Lipinski definition) is 2. The van der Waals surface area contributed by atoms with Gasteiger partial charge < -0.3 is 10.4 Å². The van der Waals surface area contributed by atoms with Crippen LogP contribution < -0.4 is 5.32 Å². The number of carboxylic acids is 1. The highest BCUT2D eigenvalue weighted by atomic mass is 16.4. The van der Waals surface area contributed by atoms with E-state index in [1.54, 1.807) is 6.20 Å². The molecule has 0 aliphatic heterocycles. The Balaban J connectivity index is 1.43. The van der Waals surface area contributed by atoms with Gasteiger partial charge in [-0.25, -0.2) is 4.68 Å². The molecule has 1 saturated carbocycles. The molecule has 1 heterocycles. The molecule has 0 saturated heterocycles. The second-order valence-electron chi connectivity index (χ2n) is 6.28. The number of aromatic nitrogens is 2. The van der Waals surface area contributed by atoms with E-state index in [9.17, 15) is 4.79 Å². The maximum absolute atomic E-state index is 10.9. The summed E-state index contributed by atoms with van der Waals surface area (Å²) in [5.41, 5.74) is 2.30. The molecule has 0 spiro atoms. The molecule has 1 aromatic heterocycles. The summed E-state index contributed by atoms with van der Waals surface area (Å²) in [7, 11) is 0. The third-order valence-electron chi connectivity index (χ3n) is 4.67. The number of rotatable bonds is 8. The first-order chi connectivity index (χ1) is 11.7. The minimum absolute atomic E-state index is 0.142. The van der Waals surface area contributed by atoms with Gasteiger partial charge in [0.15, 0.2) is 0 Å². The van der Waals surface area contributed by atoms with Gasteiger partial charge in [-0.1, -0.05) is 19.1 Å². The average Bonchev–Trinajstić information content (AvgIpc) is 3.06. The van der Waals surface area contributed by atoms with E-state index in [1.165, 1.54) is 5.56 Å². The largest absolute Gasteiger partial charge is 0.480 e. The molecule has 0 unspecified atom stereocenters. The molecular formula is C18H24N4O2. The Kier molecular flexibility index (Phi) is 5.27. The van der Waals surface area contributed by atoms with Crippen LogP contribution in [0.2, 0.25) is 0 Å². The predicted molar refractivity (Wildman–Crippen MR) is 92.1 cm³/mol. The van der Waals surface area contributed by atoms with Crippen LogP contribution >= 0.6 is 0 Å². The smallest absolute Gasteiger partial charge is 0.317 e. The molecule has 2 aromatic rings. The van der Waals surface area contributed by atoms with Crippen LogP contribution in [0.4, 0.5) is 0 Å². The topological polar surface area (TPSA) is 70.4 Å². The van der Waals surface area contributed by atoms with Crippen LogP contribution in [0.25, 0.3) is 5.69 Å². The van der Waals surface area contributed by atoms with Crippen LogP contribution in [0.15, 0.2) is 42.7 Å². The Morgan fingerprint density at radius 3 is 2.71 bits per heavy atom. The van der Waals surface area contributed by atoms with E-state index in [0.29, 0.717) is 12.1 Å². The lowest BCUT2D eigenvalue weighted by atomic mass is 9.85. The zero-order chi connectivity index (χ0) is 16.9. The highest BCUT2D eigenvalue weighted by molar-refractivity contribution is 5.69. The quantitative estimate of drug-likeness (QED) is 0.774. The Morgan fingerprint density at radius 1 is 1.38 bits per heavy atom. The second kappa shape index (κ2) is 7.59. The number of nitrogens with one attached hydrogen (secondary N) is 1. The predicted octanol–water partition coefficient (Wildman–Crippen LogP) is 1.90. The van der Waals surface area contributed by atoms with E-state index < -0.39 is 5.97 Å². The molecule has 6 heteroatoms. The van der Waals surface area contributed by atoms with Crippen LogP contribution in [-0.4, -0.2) is 50.9 Å². The summed E-state index contributed by atoms with van der Waals surface area (Å²) >= 11 is 0. The molecule has 1 fully saturated rings. The van der Waals surface area contributed by atoms with Gasteiger partial charge in [0.1, 0.15) is 0 Å². The molecule has 1 aromatic carbocycles. The van der Waals surface area contributed by atoms with Crippen molar-refractivity contribution in [1.29, 1.82) is 0 Å². The summed E-state index contributed by atoms with van der Waals surface area (Å²) < 4.78 is 1.84. The Labute approximate surface area is 142 Å². The van der Waals surface area contributed by atoms with Crippen molar-refractivity contribution >= 4 is 5.97 Å². The van der Waals surface area contributed by atoms with Gasteiger partial charge in [0.05, 0.1) is 12.2 Å². The van der Waals surface area contributed by atoms with Gasteiger partial charge in [-0.15, -0.1) is 0 Å². The lowest BCUT2D eigenvalue weighted by Gasteiger charge is -2.42. The first-order valence-electron chi connectivity index (χ1n) is 8.44. The summed E-state index contributed by atoms with van der Waals surface area (Å²) in [6, 6.07) is 11.1. The fourth-order valence-corrected chi connectivity index (χ4v) is 3.18. The van der Waals surface area contributed by atoms with Gasteiger partial charge in [0, 0.05) is 31.0 Å². The maximum atomic E-state index is 10.9. The molecule has 2 N–H and O–H groups in total. The van der Waals surface area contributed by atoms with E-state index in [4.69, 9.17) is 5.11 Å². The molecule has 0 bridgehead atoms. The second-order valence-corrected chi connectivity index (χ2v) is 6.28. The van der Waals surface area contributed by atoms with Gasteiger partial charge >= 0.3 is 5.97 Å². The monoisotopic (exact) mass is 328 g/mol. The lowest BCUT2D eigenvalue weighted by molar-refractivity contribution is -0.139. The van der Waals surface area contributed by atoms with Crippen LogP contribution in [-0.2, 0) is 11.3 Å². The molecule has 0 amide bonds. The van der Waals surface area contributed by atoms with Crippen LogP contribution in [0.5, 0.6) is 0 Å². The minimum atomic E-state index is -0.745. The number of benzene rings is 1. The maximum Gasteiger partial charge on any atom is 0.317 e. The van der Waals surface area contributed by atoms with E-state index >= 15 is 0 Å². The number of nitrogens with zero attached hydrogens (tertiary/aromatic N) is 3. The summed E-state index contributed by atoms with van der Waals surface area (Å²) in [6.45, 7) is 3.79. The zero-order valence-electron chi connectivity index (χ0n) is 13.9. The molecule has 24 heavy (non-hydrogen) atoms. The van der Waals surface area contributed by atoms with E-state index in [1.807, 2.05) is 28.8 Å². The Hall–Kier alpha value is -2.18. The van der Waals surface area contributed by atoms with Gasteiger partial charge in [-0.3, -0.25) is 9.69 Å². The summed E-state index contributed by atoms with van der Waals surface area (Å²) in [5.74, 6) is -0.745. The van der Waals surface area contributed by atoms with Gasteiger partial charge in [0.25, 0.3) is 0 Å². The SMILES string of the molecule is CCN(CC(=O)O)C1CC(NCc2ccc(-n3cccn3)cc2)C1. The molecule has 1 aliphatic rings. The van der Waals surface area contributed by atoms with Gasteiger partial charge in [0.2, 0.25) is 0 Å². The average molecular weight is 328 g/mol. The Bertz CT molecular complexity index is 648. The summed E-state index contributed by atoms with van der Waals surface area (Å²) in [6.07, 6.45) is 5.74. The summed E-state index contributed by atoms with van der Waals surface area (Å²) in [5, 5.41) is 16.7. The Morgan fingerprint density at radius 2 is 2.12 bits per heavy atom. The lowest BCUT2D eigenvalue weighted by Crippen LogP contribution is -2.53. The summed E-state index contributed by atoms with van der Waals surface area (Å²) in [4.78, 5) is 12.9. The van der Waals surface area contributed by atoms with Crippen LogP contribution in [0, 0.1) is 0 Å². The highest BCUT2D eigenvalue weighted by Gasteiger charge is 2.33. The highest BCUT2D eigenvalue weighted by Crippen LogP contribution is 2.25. The molecular weight excluding hydrogens is 304 g/mol. The van der Waals surface area contributed by atoms with Crippen molar-refractivity contribution in [2.45, 2.75) is 38.4 Å². The first kappa shape index (κ1) is 16.7. The molecule has 0 radical (unpaired) electrons. The molecule has 6 nitrogen and oxygen atoms in total. The van der Waals surface area contributed by atoms with E-state index in [0.717, 1.165) is 31.6 Å². The van der Waals surface area contributed by atoms with Crippen molar-refractivity contribution in [3.8, 4) is 5.69 Å². The molecule has 3 rings (SSSR count). The standard InChI is InChI=1S/C18H24N4O2/c1-2-21(13-18(23)24)17-10-15(11-17)19-12-14-4-6-16(7-5-14)22-9-3-8-20-22/h3-9,15,17,19H,2,10-13H2,1H3,(H,23,24). The van der Waals surface area contributed by atoms with Gasteiger partial charge in [-0.2, -0.15) is 5.10 Å². The number of carbonyl (C=O) groups is 1. The first-order valence-corrected chi connectivity index (χ1v) is 8.44. The van der Waals surface area contributed by atoms with Crippen LogP contribution in [0.1, 0.15) is 25.3 Å². The van der Waals surface area contributed by atoms with E-state index in [2.05, 4.69) is 34.7 Å². The van der Waals surface area contributed by atoms with Crippen LogP contribution in [0.3, 0.4) is 0 Å².